The van der Waals surface area contributed by atoms with E-state index in [0.717, 1.165) is 17.7 Å². The Morgan fingerprint density at radius 1 is 1.31 bits per heavy atom. The second kappa shape index (κ2) is 7.84. The average Bonchev–Trinajstić information content (AvgIpc) is 2.59. The molecule has 1 unspecified atom stereocenters. The summed E-state index contributed by atoms with van der Waals surface area (Å²) < 4.78 is 0. The first-order valence-corrected chi connectivity index (χ1v) is 9.11. The number of phenols is 1. The number of fused-ring (bicyclic) bond motifs is 1. The summed E-state index contributed by atoms with van der Waals surface area (Å²) >= 11 is 12.5. The van der Waals surface area contributed by atoms with Gasteiger partial charge in [0.15, 0.2) is 0 Å². The summed E-state index contributed by atoms with van der Waals surface area (Å²) in [5.74, 6) is -0.484. The molecule has 3 rings (SSSR count). The lowest BCUT2D eigenvalue weighted by Gasteiger charge is -2.30. The Balaban J connectivity index is 1.68. The standard InChI is InChI=1S/C19H20Cl2N2O3/c20-15-9-12-10-23(6-4-14(12)18(21)17(15)19(22)26)7-5-16(25)11-2-1-3-13(24)8-11/h1-3,8-9,16,24-25H,4-7,10H2,(H2,22,26). The molecule has 1 aliphatic heterocycles. The fourth-order valence-corrected chi connectivity index (χ4v) is 4.11. The third kappa shape index (κ3) is 3.96. The number of aromatic hydroxyl groups is 1. The maximum Gasteiger partial charge on any atom is 0.251 e. The molecule has 7 heteroatoms. The van der Waals surface area contributed by atoms with E-state index in [0.29, 0.717) is 36.5 Å². The molecule has 5 nitrogen and oxygen atoms in total. The Bertz CT molecular complexity index is 842. The van der Waals surface area contributed by atoms with Crippen molar-refractivity contribution >= 4 is 29.1 Å². The van der Waals surface area contributed by atoms with Crippen LogP contribution in [-0.2, 0) is 13.0 Å². The minimum atomic E-state index is -0.645. The zero-order valence-electron chi connectivity index (χ0n) is 14.1. The van der Waals surface area contributed by atoms with Crippen LogP contribution in [0.15, 0.2) is 30.3 Å². The number of phenolic OH excluding ortho intramolecular Hbond substituents is 1. The van der Waals surface area contributed by atoms with Gasteiger partial charge >= 0.3 is 0 Å². The Morgan fingerprint density at radius 3 is 2.77 bits per heavy atom. The van der Waals surface area contributed by atoms with Gasteiger partial charge < -0.3 is 15.9 Å². The molecule has 1 heterocycles. The molecule has 0 saturated heterocycles. The van der Waals surface area contributed by atoms with E-state index in [4.69, 9.17) is 28.9 Å². The number of rotatable bonds is 5. The van der Waals surface area contributed by atoms with Crippen LogP contribution in [0.1, 0.15) is 39.6 Å². The van der Waals surface area contributed by atoms with Crippen molar-refractivity contribution in [3.8, 4) is 5.75 Å². The van der Waals surface area contributed by atoms with Crippen molar-refractivity contribution in [2.45, 2.75) is 25.5 Å². The Morgan fingerprint density at radius 2 is 2.08 bits per heavy atom. The van der Waals surface area contributed by atoms with E-state index in [1.807, 2.05) is 0 Å². The van der Waals surface area contributed by atoms with Gasteiger partial charge in [0, 0.05) is 19.6 Å². The quantitative estimate of drug-likeness (QED) is 0.725. The van der Waals surface area contributed by atoms with E-state index in [1.54, 1.807) is 30.3 Å². The number of hydrogen-bond acceptors (Lipinski definition) is 4. The predicted octanol–water partition coefficient (Wildman–Crippen LogP) is 3.28. The van der Waals surface area contributed by atoms with Gasteiger partial charge in [-0.2, -0.15) is 0 Å². The van der Waals surface area contributed by atoms with E-state index in [1.165, 1.54) is 0 Å². The van der Waals surface area contributed by atoms with Gasteiger partial charge in [-0.1, -0.05) is 35.3 Å². The van der Waals surface area contributed by atoms with Gasteiger partial charge in [0.2, 0.25) is 0 Å². The summed E-state index contributed by atoms with van der Waals surface area (Å²) in [7, 11) is 0. The number of aliphatic hydroxyl groups excluding tert-OH is 1. The van der Waals surface area contributed by atoms with E-state index < -0.39 is 12.0 Å². The highest BCUT2D eigenvalue weighted by molar-refractivity contribution is 6.40. The number of benzene rings is 2. The SMILES string of the molecule is NC(=O)c1c(Cl)cc2c(c1Cl)CCN(CCC(O)c1cccc(O)c1)C2. The zero-order valence-corrected chi connectivity index (χ0v) is 15.6. The van der Waals surface area contributed by atoms with E-state index >= 15 is 0 Å². The molecule has 0 aliphatic carbocycles. The third-order valence-electron chi connectivity index (χ3n) is 4.70. The number of primary amides is 1. The second-order valence-electron chi connectivity index (χ2n) is 6.47. The molecular formula is C19H20Cl2N2O3. The molecular weight excluding hydrogens is 375 g/mol. The lowest BCUT2D eigenvalue weighted by Crippen LogP contribution is -2.32. The van der Waals surface area contributed by atoms with Gasteiger partial charge in [-0.3, -0.25) is 9.69 Å². The number of amides is 1. The summed E-state index contributed by atoms with van der Waals surface area (Å²) in [6, 6.07) is 8.40. The molecule has 0 spiro atoms. The largest absolute Gasteiger partial charge is 0.508 e. The fourth-order valence-electron chi connectivity index (χ4n) is 3.33. The summed E-state index contributed by atoms with van der Waals surface area (Å²) in [5, 5.41) is 20.5. The third-order valence-corrected chi connectivity index (χ3v) is 5.42. The van der Waals surface area contributed by atoms with E-state index in [2.05, 4.69) is 4.90 Å². The minimum Gasteiger partial charge on any atom is -0.508 e. The van der Waals surface area contributed by atoms with Crippen LogP contribution in [0.3, 0.4) is 0 Å². The molecule has 1 amide bonds. The topological polar surface area (TPSA) is 86.8 Å². The zero-order chi connectivity index (χ0) is 18.8. The summed E-state index contributed by atoms with van der Waals surface area (Å²) in [5.41, 5.74) is 8.12. The van der Waals surface area contributed by atoms with Crippen molar-refractivity contribution in [1.82, 2.24) is 4.90 Å². The second-order valence-corrected chi connectivity index (χ2v) is 7.26. The number of carbonyl (C=O) groups is 1. The van der Waals surface area contributed by atoms with Crippen LogP contribution in [0.5, 0.6) is 5.75 Å². The molecule has 1 atom stereocenters. The molecule has 2 aromatic carbocycles. The molecule has 4 N–H and O–H groups in total. The number of aliphatic hydroxyl groups is 1. The molecule has 0 saturated carbocycles. The van der Waals surface area contributed by atoms with E-state index in [9.17, 15) is 15.0 Å². The predicted molar refractivity (Wildman–Crippen MR) is 102 cm³/mol. The van der Waals surface area contributed by atoms with Crippen molar-refractivity contribution in [2.75, 3.05) is 13.1 Å². The molecule has 1 aliphatic rings. The van der Waals surface area contributed by atoms with Gasteiger partial charge in [-0.15, -0.1) is 0 Å². The Kier molecular flexibility index (Phi) is 5.73. The lowest BCUT2D eigenvalue weighted by molar-refractivity contribution is 0.1000. The minimum absolute atomic E-state index is 0.142. The van der Waals surface area contributed by atoms with Crippen LogP contribution in [0, 0.1) is 0 Å². The maximum absolute atomic E-state index is 11.5. The molecule has 0 aromatic heterocycles. The molecule has 0 radical (unpaired) electrons. The number of carbonyl (C=O) groups excluding carboxylic acids is 1. The molecule has 0 bridgehead atoms. The Labute approximate surface area is 161 Å². The van der Waals surface area contributed by atoms with Gasteiger partial charge in [0.05, 0.1) is 21.7 Å². The van der Waals surface area contributed by atoms with Gasteiger partial charge in [0.25, 0.3) is 5.91 Å². The Hall–Kier alpha value is -1.79. The summed E-state index contributed by atoms with van der Waals surface area (Å²) in [6.07, 6.45) is 0.584. The van der Waals surface area contributed by atoms with Crippen LogP contribution >= 0.6 is 23.2 Å². The first-order valence-electron chi connectivity index (χ1n) is 8.35. The van der Waals surface area contributed by atoms with Crippen LogP contribution in [0.4, 0.5) is 0 Å². The number of halogens is 2. The van der Waals surface area contributed by atoms with Crippen LogP contribution in [0.25, 0.3) is 0 Å². The van der Waals surface area contributed by atoms with Gasteiger partial charge in [0.1, 0.15) is 5.75 Å². The smallest absolute Gasteiger partial charge is 0.251 e. The molecule has 26 heavy (non-hydrogen) atoms. The van der Waals surface area contributed by atoms with Gasteiger partial charge in [-0.05, 0) is 47.7 Å². The first-order chi connectivity index (χ1) is 12.4. The van der Waals surface area contributed by atoms with Crippen molar-refractivity contribution in [2.24, 2.45) is 5.73 Å². The number of hydrogen-bond donors (Lipinski definition) is 3. The van der Waals surface area contributed by atoms with Crippen LogP contribution in [0.2, 0.25) is 10.0 Å². The van der Waals surface area contributed by atoms with Crippen molar-refractivity contribution in [3.63, 3.8) is 0 Å². The maximum atomic E-state index is 11.5. The van der Waals surface area contributed by atoms with E-state index in [-0.39, 0.29) is 16.3 Å². The first kappa shape index (κ1) is 19.0. The van der Waals surface area contributed by atoms with Crippen molar-refractivity contribution in [1.29, 1.82) is 0 Å². The summed E-state index contributed by atoms with van der Waals surface area (Å²) in [4.78, 5) is 13.7. The lowest BCUT2D eigenvalue weighted by atomic mass is 9.96. The van der Waals surface area contributed by atoms with Crippen molar-refractivity contribution in [3.05, 3.63) is 62.6 Å². The van der Waals surface area contributed by atoms with Gasteiger partial charge in [-0.25, -0.2) is 0 Å². The van der Waals surface area contributed by atoms with Crippen LogP contribution in [-0.4, -0.2) is 34.1 Å². The molecule has 2 aromatic rings. The average molecular weight is 395 g/mol. The molecule has 0 fully saturated rings. The van der Waals surface area contributed by atoms with Crippen LogP contribution < -0.4 is 5.73 Å². The summed E-state index contributed by atoms with van der Waals surface area (Å²) in [6.45, 7) is 2.09. The normalized spacial score (nSPS) is 15.5. The number of nitrogens with zero attached hydrogens (tertiary/aromatic N) is 1. The number of nitrogens with two attached hydrogens (primary N) is 1. The highest BCUT2D eigenvalue weighted by atomic mass is 35.5. The molecule has 138 valence electrons. The van der Waals surface area contributed by atoms with Crippen molar-refractivity contribution < 1.29 is 15.0 Å². The fraction of sp³-hybridized carbons (Fsp3) is 0.316. The monoisotopic (exact) mass is 394 g/mol. The highest BCUT2D eigenvalue weighted by Crippen LogP contribution is 2.34. The highest BCUT2D eigenvalue weighted by Gasteiger charge is 2.24.